The summed E-state index contributed by atoms with van der Waals surface area (Å²) < 4.78 is 0. The van der Waals surface area contributed by atoms with Gasteiger partial charge in [-0.15, -0.1) is 11.3 Å². The summed E-state index contributed by atoms with van der Waals surface area (Å²) in [5, 5.41) is 6.74. The van der Waals surface area contributed by atoms with E-state index in [1.54, 1.807) is 11.3 Å². The lowest BCUT2D eigenvalue weighted by molar-refractivity contribution is 0.581. The topological polar surface area (TPSA) is 24.9 Å². The highest BCUT2D eigenvalue weighted by atomic mass is 32.1. The molecule has 1 aromatic heterocycles. The van der Waals surface area contributed by atoms with Crippen molar-refractivity contribution in [2.75, 3.05) is 0 Å². The number of hydrogen-bond donors (Lipinski definition) is 1. The molecule has 1 heterocycles. The molecule has 0 amide bonds. The lowest BCUT2D eigenvalue weighted by Crippen LogP contribution is -2.21. The van der Waals surface area contributed by atoms with Crippen LogP contribution < -0.4 is 5.32 Å². The Hall–Kier alpha value is -0.410. The molecular weight excluding hydrogens is 180 g/mol. The average molecular weight is 198 g/mol. The standard InChI is InChI=1S/C10H18N2S/c1-7(2)10-12-9(6-13-10)5-11-8(3)4/h6-8,11H,5H2,1-4H3. The van der Waals surface area contributed by atoms with Crippen molar-refractivity contribution in [2.45, 2.75) is 46.2 Å². The fourth-order valence-corrected chi connectivity index (χ4v) is 1.81. The van der Waals surface area contributed by atoms with E-state index >= 15 is 0 Å². The normalized spacial score (nSPS) is 11.5. The minimum atomic E-state index is 0.532. The third kappa shape index (κ3) is 3.44. The zero-order valence-electron chi connectivity index (χ0n) is 8.79. The van der Waals surface area contributed by atoms with E-state index in [0.29, 0.717) is 12.0 Å². The van der Waals surface area contributed by atoms with Crippen LogP contribution in [0.3, 0.4) is 0 Å². The molecule has 0 atom stereocenters. The average Bonchev–Trinajstić information content (AvgIpc) is 2.48. The monoisotopic (exact) mass is 198 g/mol. The van der Waals surface area contributed by atoms with Crippen LogP contribution in [0.5, 0.6) is 0 Å². The fraction of sp³-hybridized carbons (Fsp3) is 0.700. The Bertz CT molecular complexity index is 253. The number of aromatic nitrogens is 1. The van der Waals surface area contributed by atoms with E-state index in [1.807, 2.05) is 0 Å². The van der Waals surface area contributed by atoms with Gasteiger partial charge in [0.25, 0.3) is 0 Å². The fourth-order valence-electron chi connectivity index (χ4n) is 0.978. The van der Waals surface area contributed by atoms with Gasteiger partial charge in [-0.1, -0.05) is 27.7 Å². The zero-order chi connectivity index (χ0) is 9.84. The molecule has 0 saturated heterocycles. The zero-order valence-corrected chi connectivity index (χ0v) is 9.61. The number of rotatable bonds is 4. The highest BCUT2D eigenvalue weighted by molar-refractivity contribution is 7.09. The van der Waals surface area contributed by atoms with E-state index < -0.39 is 0 Å². The van der Waals surface area contributed by atoms with Crippen molar-refractivity contribution >= 4 is 11.3 Å². The Morgan fingerprint density at radius 3 is 2.54 bits per heavy atom. The minimum Gasteiger partial charge on any atom is -0.309 e. The molecule has 1 rings (SSSR count). The van der Waals surface area contributed by atoms with Crippen LogP contribution in [0.15, 0.2) is 5.38 Å². The van der Waals surface area contributed by atoms with E-state index in [0.717, 1.165) is 6.54 Å². The van der Waals surface area contributed by atoms with Gasteiger partial charge < -0.3 is 5.32 Å². The molecule has 3 heteroatoms. The number of thiazole rings is 1. The molecule has 0 aliphatic carbocycles. The first-order chi connectivity index (χ1) is 6.09. The highest BCUT2D eigenvalue weighted by Gasteiger charge is 2.05. The van der Waals surface area contributed by atoms with Gasteiger partial charge in [-0.05, 0) is 0 Å². The van der Waals surface area contributed by atoms with E-state index in [2.05, 4.69) is 43.4 Å². The maximum atomic E-state index is 4.54. The van der Waals surface area contributed by atoms with Gasteiger partial charge in [-0.2, -0.15) is 0 Å². The lowest BCUT2D eigenvalue weighted by atomic mass is 10.2. The second-order valence-corrected chi connectivity index (χ2v) is 4.76. The van der Waals surface area contributed by atoms with Gasteiger partial charge in [-0.25, -0.2) is 4.98 Å². The summed E-state index contributed by atoms with van der Waals surface area (Å²) in [6.45, 7) is 9.54. The second-order valence-electron chi connectivity index (χ2n) is 3.87. The van der Waals surface area contributed by atoms with Gasteiger partial charge in [0.2, 0.25) is 0 Å². The number of nitrogens with one attached hydrogen (secondary N) is 1. The van der Waals surface area contributed by atoms with E-state index in [-0.39, 0.29) is 0 Å². The smallest absolute Gasteiger partial charge is 0.0954 e. The molecule has 0 bridgehead atoms. The van der Waals surface area contributed by atoms with Crippen LogP contribution in [0.2, 0.25) is 0 Å². The van der Waals surface area contributed by atoms with Crippen LogP contribution in [-0.4, -0.2) is 11.0 Å². The Morgan fingerprint density at radius 2 is 2.08 bits per heavy atom. The van der Waals surface area contributed by atoms with Crippen molar-refractivity contribution in [3.8, 4) is 0 Å². The van der Waals surface area contributed by atoms with Crippen molar-refractivity contribution in [3.63, 3.8) is 0 Å². The van der Waals surface area contributed by atoms with Crippen molar-refractivity contribution in [2.24, 2.45) is 0 Å². The van der Waals surface area contributed by atoms with Crippen LogP contribution >= 0.6 is 11.3 Å². The van der Waals surface area contributed by atoms with Crippen molar-refractivity contribution in [3.05, 3.63) is 16.1 Å². The van der Waals surface area contributed by atoms with Crippen molar-refractivity contribution < 1.29 is 0 Å². The third-order valence-corrected chi connectivity index (χ3v) is 2.95. The molecule has 0 fully saturated rings. The number of nitrogens with zero attached hydrogens (tertiary/aromatic N) is 1. The molecule has 0 aliphatic rings. The summed E-state index contributed by atoms with van der Waals surface area (Å²) in [7, 11) is 0. The first kappa shape index (κ1) is 10.7. The van der Waals surface area contributed by atoms with Gasteiger partial charge in [0.15, 0.2) is 0 Å². The van der Waals surface area contributed by atoms with E-state index in [4.69, 9.17) is 0 Å². The van der Waals surface area contributed by atoms with Gasteiger partial charge in [0.05, 0.1) is 10.7 Å². The lowest BCUT2D eigenvalue weighted by Gasteiger charge is -2.04. The number of hydrogen-bond acceptors (Lipinski definition) is 3. The van der Waals surface area contributed by atoms with Crippen LogP contribution in [0.4, 0.5) is 0 Å². The Balaban J connectivity index is 2.49. The van der Waals surface area contributed by atoms with Crippen LogP contribution in [0.1, 0.15) is 44.3 Å². The third-order valence-electron chi connectivity index (χ3n) is 1.75. The molecular formula is C10H18N2S. The van der Waals surface area contributed by atoms with Gasteiger partial charge in [0, 0.05) is 23.9 Å². The summed E-state index contributed by atoms with van der Waals surface area (Å²) in [4.78, 5) is 4.54. The predicted octanol–water partition coefficient (Wildman–Crippen LogP) is 2.76. The molecule has 0 aliphatic heterocycles. The van der Waals surface area contributed by atoms with Gasteiger partial charge in [0.1, 0.15) is 0 Å². The molecule has 1 aromatic rings. The SMILES string of the molecule is CC(C)NCc1csc(C(C)C)n1. The molecule has 1 N–H and O–H groups in total. The first-order valence-electron chi connectivity index (χ1n) is 4.77. The van der Waals surface area contributed by atoms with E-state index in [9.17, 15) is 0 Å². The molecule has 0 spiro atoms. The summed E-state index contributed by atoms with van der Waals surface area (Å²) >= 11 is 1.76. The second kappa shape index (κ2) is 4.72. The summed E-state index contributed by atoms with van der Waals surface area (Å²) in [6.07, 6.45) is 0. The summed E-state index contributed by atoms with van der Waals surface area (Å²) in [5.41, 5.74) is 1.17. The van der Waals surface area contributed by atoms with E-state index in [1.165, 1.54) is 10.7 Å². The predicted molar refractivity (Wildman–Crippen MR) is 58.2 cm³/mol. The Kier molecular flexibility index (Phi) is 3.88. The molecule has 0 radical (unpaired) electrons. The highest BCUT2D eigenvalue weighted by Crippen LogP contribution is 2.18. The van der Waals surface area contributed by atoms with Crippen molar-refractivity contribution in [1.82, 2.24) is 10.3 Å². The maximum Gasteiger partial charge on any atom is 0.0954 e. The van der Waals surface area contributed by atoms with Crippen LogP contribution in [-0.2, 0) is 6.54 Å². The molecule has 0 unspecified atom stereocenters. The summed E-state index contributed by atoms with van der Waals surface area (Å²) in [5.74, 6) is 0.554. The Labute approximate surface area is 84.4 Å². The van der Waals surface area contributed by atoms with Gasteiger partial charge in [-0.3, -0.25) is 0 Å². The molecule has 13 heavy (non-hydrogen) atoms. The molecule has 0 saturated carbocycles. The quantitative estimate of drug-likeness (QED) is 0.804. The largest absolute Gasteiger partial charge is 0.309 e. The first-order valence-corrected chi connectivity index (χ1v) is 5.65. The van der Waals surface area contributed by atoms with Gasteiger partial charge >= 0.3 is 0 Å². The summed E-state index contributed by atoms with van der Waals surface area (Å²) in [6, 6.07) is 0.532. The Morgan fingerprint density at radius 1 is 1.38 bits per heavy atom. The van der Waals surface area contributed by atoms with Crippen LogP contribution in [0.25, 0.3) is 0 Å². The van der Waals surface area contributed by atoms with Crippen molar-refractivity contribution in [1.29, 1.82) is 0 Å². The van der Waals surface area contributed by atoms with Crippen LogP contribution in [0, 0.1) is 0 Å². The minimum absolute atomic E-state index is 0.532. The molecule has 74 valence electrons. The maximum absolute atomic E-state index is 4.54. The molecule has 0 aromatic carbocycles. The molecule has 2 nitrogen and oxygen atoms in total.